The molecule has 0 bridgehead atoms. The number of hydrogen-bond acceptors (Lipinski definition) is 2. The lowest BCUT2D eigenvalue weighted by Gasteiger charge is -2.03. The van der Waals surface area contributed by atoms with E-state index in [0.29, 0.717) is 13.0 Å². The van der Waals surface area contributed by atoms with Crippen LogP contribution in [0.1, 0.15) is 27.2 Å². The zero-order valence-electron chi connectivity index (χ0n) is 6.40. The van der Waals surface area contributed by atoms with Gasteiger partial charge in [0.05, 0.1) is 0 Å². The monoisotopic (exact) mass is 173 g/mol. The minimum Gasteiger partial charge on any atom is -0.481 e. The molecule has 0 fully saturated rings. The fourth-order valence-electron chi connectivity index (χ4n) is 0.723. The molecule has 0 aliphatic rings. The molecule has 0 saturated carbocycles. The molecule has 5 heteroatoms. The Bertz CT molecular complexity index is 175. The maximum Gasteiger partial charge on any atom is 0.303 e. The Kier molecular flexibility index (Phi) is 8.79. The molecule has 0 aliphatic carbocycles. The summed E-state index contributed by atoms with van der Waals surface area (Å²) in [4.78, 5) is 12.7. The highest BCUT2D eigenvalue weighted by Crippen LogP contribution is 2.06. The van der Waals surface area contributed by atoms with Crippen LogP contribution in [0, 0.1) is 5.92 Å². The first kappa shape index (κ1) is 13.4. The molecule has 70 valence electrons. The minimum atomic E-state index is -0.807. The molecule has 12 heavy (non-hydrogen) atoms. The van der Waals surface area contributed by atoms with Crippen LogP contribution >= 0.6 is 0 Å². The summed E-state index contributed by atoms with van der Waals surface area (Å²) in [5.41, 5.74) is 7.90. The van der Waals surface area contributed by atoms with Gasteiger partial charge in [0.25, 0.3) is 0 Å². The van der Waals surface area contributed by atoms with E-state index in [0.717, 1.165) is 0 Å². The van der Waals surface area contributed by atoms with Crippen molar-refractivity contribution >= 4 is 5.97 Å². The Hall–Kier alpha value is -1.22. The van der Waals surface area contributed by atoms with Gasteiger partial charge in [0.15, 0.2) is 0 Å². The Morgan fingerprint density at radius 3 is 2.75 bits per heavy atom. The number of azide groups is 1. The van der Waals surface area contributed by atoms with E-state index in [4.69, 9.17) is 10.6 Å². The summed E-state index contributed by atoms with van der Waals surface area (Å²) in [6.07, 6.45) is 0.775. The van der Waals surface area contributed by atoms with Gasteiger partial charge in [-0.05, 0) is 17.9 Å². The quantitative estimate of drug-likeness (QED) is 0.393. The zero-order chi connectivity index (χ0) is 8.69. The van der Waals surface area contributed by atoms with Gasteiger partial charge in [0.1, 0.15) is 0 Å². The van der Waals surface area contributed by atoms with Gasteiger partial charge >= 0.3 is 5.97 Å². The largest absolute Gasteiger partial charge is 0.481 e. The molecule has 0 spiro atoms. The highest BCUT2D eigenvalue weighted by atomic mass is 16.4. The predicted molar refractivity (Wildman–Crippen MR) is 46.8 cm³/mol. The molecule has 0 aliphatic heterocycles. The Labute approximate surface area is 72.0 Å². The number of hydrogen-bond donors (Lipinski definition) is 1. The second-order valence-corrected chi connectivity index (χ2v) is 2.45. The van der Waals surface area contributed by atoms with Crippen molar-refractivity contribution in [3.8, 4) is 0 Å². The highest BCUT2D eigenvalue weighted by molar-refractivity contribution is 5.66. The molecule has 0 heterocycles. The first-order valence-corrected chi connectivity index (χ1v) is 3.39. The van der Waals surface area contributed by atoms with E-state index in [2.05, 4.69) is 10.0 Å². The van der Waals surface area contributed by atoms with E-state index in [1.807, 2.05) is 6.92 Å². The summed E-state index contributed by atoms with van der Waals surface area (Å²) in [6, 6.07) is 0. The van der Waals surface area contributed by atoms with Gasteiger partial charge in [-0.1, -0.05) is 19.5 Å². The summed E-state index contributed by atoms with van der Waals surface area (Å²) in [7, 11) is 0. The maximum atomic E-state index is 10.1. The summed E-state index contributed by atoms with van der Waals surface area (Å²) in [5.74, 6) is -0.726. The van der Waals surface area contributed by atoms with Crippen LogP contribution in [0.5, 0.6) is 0 Å². The smallest absolute Gasteiger partial charge is 0.303 e. The topological polar surface area (TPSA) is 86.1 Å². The van der Waals surface area contributed by atoms with E-state index in [-0.39, 0.29) is 19.8 Å². The summed E-state index contributed by atoms with van der Waals surface area (Å²) >= 11 is 0. The SMILES string of the molecule is C.CC(CCN=[N+]=[N-])CC(=O)O. The molecule has 1 unspecified atom stereocenters. The van der Waals surface area contributed by atoms with E-state index < -0.39 is 5.97 Å². The van der Waals surface area contributed by atoms with Crippen molar-refractivity contribution in [2.24, 2.45) is 11.0 Å². The van der Waals surface area contributed by atoms with Crippen molar-refractivity contribution in [2.75, 3.05) is 6.54 Å². The predicted octanol–water partition coefficient (Wildman–Crippen LogP) is 2.43. The molecule has 1 N–H and O–H groups in total. The van der Waals surface area contributed by atoms with Gasteiger partial charge in [0.2, 0.25) is 0 Å². The third kappa shape index (κ3) is 8.78. The van der Waals surface area contributed by atoms with Crippen LogP contribution in [0.25, 0.3) is 10.4 Å². The van der Waals surface area contributed by atoms with Crippen molar-refractivity contribution in [1.29, 1.82) is 0 Å². The van der Waals surface area contributed by atoms with Gasteiger partial charge in [-0.15, -0.1) is 0 Å². The number of carbonyl (C=O) groups is 1. The van der Waals surface area contributed by atoms with E-state index in [1.54, 1.807) is 0 Å². The van der Waals surface area contributed by atoms with Gasteiger partial charge in [-0.3, -0.25) is 4.79 Å². The molecule has 5 nitrogen and oxygen atoms in total. The number of aliphatic carboxylic acids is 1. The average Bonchev–Trinajstić information content (AvgIpc) is 1.86. The van der Waals surface area contributed by atoms with Crippen LogP contribution < -0.4 is 0 Å². The fourth-order valence-corrected chi connectivity index (χ4v) is 0.723. The van der Waals surface area contributed by atoms with Crippen molar-refractivity contribution in [3.05, 3.63) is 10.4 Å². The van der Waals surface area contributed by atoms with Gasteiger partial charge in [0, 0.05) is 17.9 Å². The van der Waals surface area contributed by atoms with Crippen molar-refractivity contribution in [1.82, 2.24) is 0 Å². The van der Waals surface area contributed by atoms with E-state index in [9.17, 15) is 4.79 Å². The van der Waals surface area contributed by atoms with Crippen molar-refractivity contribution in [3.63, 3.8) is 0 Å². The molecule has 0 amide bonds. The van der Waals surface area contributed by atoms with Gasteiger partial charge in [-0.2, -0.15) is 0 Å². The first-order valence-electron chi connectivity index (χ1n) is 3.39. The number of nitrogens with zero attached hydrogens (tertiary/aromatic N) is 3. The van der Waals surface area contributed by atoms with Crippen LogP contribution in [0.15, 0.2) is 5.11 Å². The number of carboxylic acids is 1. The Morgan fingerprint density at radius 2 is 2.33 bits per heavy atom. The molecule has 0 aromatic rings. The van der Waals surface area contributed by atoms with Crippen LogP contribution in [0.4, 0.5) is 0 Å². The lowest BCUT2D eigenvalue weighted by molar-refractivity contribution is -0.137. The summed E-state index contributed by atoms with van der Waals surface area (Å²) in [6.45, 7) is 2.20. The lowest BCUT2D eigenvalue weighted by Crippen LogP contribution is -2.04. The summed E-state index contributed by atoms with van der Waals surface area (Å²) < 4.78 is 0. The fraction of sp³-hybridized carbons (Fsp3) is 0.857. The number of carboxylic acid groups (broad SMARTS) is 1. The highest BCUT2D eigenvalue weighted by Gasteiger charge is 2.05. The first-order chi connectivity index (χ1) is 5.16. The molecule has 0 saturated heterocycles. The average molecular weight is 173 g/mol. The van der Waals surface area contributed by atoms with Crippen LogP contribution in [-0.4, -0.2) is 17.6 Å². The molecular formula is C7H15N3O2. The van der Waals surface area contributed by atoms with Crippen molar-refractivity contribution < 1.29 is 9.90 Å². The Balaban J connectivity index is 0. The minimum absolute atomic E-state index is 0. The molecule has 0 aromatic carbocycles. The van der Waals surface area contributed by atoms with Gasteiger partial charge < -0.3 is 5.11 Å². The second-order valence-electron chi connectivity index (χ2n) is 2.45. The molecular weight excluding hydrogens is 158 g/mol. The molecule has 0 aromatic heterocycles. The lowest BCUT2D eigenvalue weighted by atomic mass is 10.0. The molecule has 0 radical (unpaired) electrons. The zero-order valence-corrected chi connectivity index (χ0v) is 6.40. The second kappa shape index (κ2) is 7.88. The van der Waals surface area contributed by atoms with E-state index in [1.165, 1.54) is 0 Å². The Morgan fingerprint density at radius 1 is 1.75 bits per heavy atom. The maximum absolute atomic E-state index is 10.1. The van der Waals surface area contributed by atoms with Gasteiger partial charge in [-0.25, -0.2) is 0 Å². The third-order valence-corrected chi connectivity index (χ3v) is 1.31. The standard InChI is InChI=1S/C6H11N3O2.CH4/c1-5(4-6(10)11)2-3-8-9-7;/h5H,2-4H2,1H3,(H,10,11);1H4. The van der Waals surface area contributed by atoms with Crippen molar-refractivity contribution in [2.45, 2.75) is 27.2 Å². The third-order valence-electron chi connectivity index (χ3n) is 1.31. The van der Waals surface area contributed by atoms with Crippen LogP contribution in [0.2, 0.25) is 0 Å². The molecule has 1 atom stereocenters. The molecule has 0 rings (SSSR count). The summed E-state index contributed by atoms with van der Waals surface area (Å²) in [5, 5.41) is 11.6. The van der Waals surface area contributed by atoms with Crippen LogP contribution in [0.3, 0.4) is 0 Å². The van der Waals surface area contributed by atoms with Crippen LogP contribution in [-0.2, 0) is 4.79 Å². The number of rotatable bonds is 5. The normalized spacial score (nSPS) is 10.8. The van der Waals surface area contributed by atoms with E-state index >= 15 is 0 Å².